The molecule has 1 saturated heterocycles. The van der Waals surface area contributed by atoms with Gasteiger partial charge in [-0.3, -0.25) is 9.59 Å². The highest BCUT2D eigenvalue weighted by molar-refractivity contribution is 5.93. The van der Waals surface area contributed by atoms with Crippen LogP contribution in [0.3, 0.4) is 0 Å². The van der Waals surface area contributed by atoms with Crippen molar-refractivity contribution in [3.8, 4) is 0 Å². The smallest absolute Gasteiger partial charge is 0.378 e. The highest BCUT2D eigenvalue weighted by Crippen LogP contribution is 2.26. The van der Waals surface area contributed by atoms with Crippen LogP contribution >= 0.6 is 0 Å². The van der Waals surface area contributed by atoms with E-state index in [1.54, 1.807) is 11.9 Å². The molecule has 0 bridgehead atoms. The summed E-state index contributed by atoms with van der Waals surface area (Å²) < 4.78 is 42.9. The van der Waals surface area contributed by atoms with Crippen molar-refractivity contribution in [2.75, 3.05) is 6.61 Å². The van der Waals surface area contributed by atoms with Gasteiger partial charge in [0.25, 0.3) is 11.5 Å². The second-order valence-electron chi connectivity index (χ2n) is 5.70. The lowest BCUT2D eigenvalue weighted by molar-refractivity contribution is -0.141. The van der Waals surface area contributed by atoms with Gasteiger partial charge in [-0.2, -0.15) is 13.2 Å². The third kappa shape index (κ3) is 4.82. The van der Waals surface area contributed by atoms with Crippen LogP contribution in [0.1, 0.15) is 48.7 Å². The topological polar surface area (TPSA) is 71.2 Å². The lowest BCUT2D eigenvalue weighted by Crippen LogP contribution is -2.36. The molecule has 2 atom stereocenters. The number of hydrogen-bond acceptors (Lipinski definition) is 3. The quantitative estimate of drug-likeness (QED) is 0.870. The Morgan fingerprint density at radius 2 is 2.22 bits per heavy atom. The van der Waals surface area contributed by atoms with E-state index >= 15 is 0 Å². The molecular weight excluding hydrogens is 313 g/mol. The zero-order valence-electron chi connectivity index (χ0n) is 12.7. The minimum absolute atomic E-state index is 0.198. The lowest BCUT2D eigenvalue weighted by Gasteiger charge is -2.16. The summed E-state index contributed by atoms with van der Waals surface area (Å²) in [5.74, 6) is -0.681. The predicted octanol–water partition coefficient (Wildman–Crippen LogP) is 2.47. The second-order valence-corrected chi connectivity index (χ2v) is 5.70. The van der Waals surface area contributed by atoms with E-state index in [-0.39, 0.29) is 17.7 Å². The Morgan fingerprint density at radius 3 is 2.78 bits per heavy atom. The predicted molar refractivity (Wildman–Crippen MR) is 77.2 cm³/mol. The van der Waals surface area contributed by atoms with Crippen LogP contribution in [0.5, 0.6) is 0 Å². The van der Waals surface area contributed by atoms with Gasteiger partial charge in [0.15, 0.2) is 0 Å². The summed E-state index contributed by atoms with van der Waals surface area (Å²) in [6, 6.07) is 1.38. The third-order valence-electron chi connectivity index (χ3n) is 3.78. The molecule has 0 unspecified atom stereocenters. The highest BCUT2D eigenvalue weighted by atomic mass is 19.4. The second kappa shape index (κ2) is 7.16. The summed E-state index contributed by atoms with van der Waals surface area (Å²) in [6.07, 6.45) is -0.947. The first-order chi connectivity index (χ1) is 10.8. The Kier molecular flexibility index (Phi) is 5.46. The first-order valence-electron chi connectivity index (χ1n) is 7.50. The van der Waals surface area contributed by atoms with Crippen LogP contribution in [-0.2, 0) is 10.9 Å². The average Bonchev–Trinajstić information content (AvgIpc) is 2.97. The van der Waals surface area contributed by atoms with Crippen molar-refractivity contribution in [3.05, 3.63) is 33.7 Å². The van der Waals surface area contributed by atoms with Gasteiger partial charge < -0.3 is 15.0 Å². The Labute approximate surface area is 131 Å². The molecule has 2 heterocycles. The van der Waals surface area contributed by atoms with Crippen LogP contribution in [0, 0.1) is 0 Å². The van der Waals surface area contributed by atoms with Gasteiger partial charge in [-0.1, -0.05) is 0 Å². The van der Waals surface area contributed by atoms with E-state index in [9.17, 15) is 22.8 Å². The zero-order valence-corrected chi connectivity index (χ0v) is 12.7. The van der Waals surface area contributed by atoms with Crippen LogP contribution in [0.25, 0.3) is 0 Å². The molecule has 0 radical (unpaired) electrons. The number of H-pyrrole nitrogens is 1. The standard InChI is InChI=1S/C15H19F3N2O3/c1-9(4-5-10-3-2-8-23-10)19-13(21)11-6-7-12(15(16,17)18)20-14(11)22/h6-7,9-10H,2-5,8H2,1H3,(H,19,21)(H,20,22)/t9-,10-/m1/s1. The van der Waals surface area contributed by atoms with Crippen molar-refractivity contribution >= 4 is 5.91 Å². The van der Waals surface area contributed by atoms with Gasteiger partial charge in [0.2, 0.25) is 0 Å². The Hall–Kier alpha value is -1.83. The number of hydrogen-bond donors (Lipinski definition) is 2. The molecule has 1 amide bonds. The zero-order chi connectivity index (χ0) is 17.0. The van der Waals surface area contributed by atoms with E-state index in [0.29, 0.717) is 12.5 Å². The van der Waals surface area contributed by atoms with Gasteiger partial charge in [0.1, 0.15) is 11.3 Å². The molecule has 8 heteroatoms. The molecule has 0 aromatic carbocycles. The van der Waals surface area contributed by atoms with Crippen molar-refractivity contribution in [2.45, 2.75) is 50.9 Å². The number of carbonyl (C=O) groups is 1. The number of amides is 1. The molecule has 0 aliphatic carbocycles. The normalized spacial score (nSPS) is 19.6. The van der Waals surface area contributed by atoms with E-state index in [1.165, 1.54) is 0 Å². The Morgan fingerprint density at radius 1 is 1.48 bits per heavy atom. The molecule has 1 aliphatic rings. The van der Waals surface area contributed by atoms with Gasteiger partial charge in [0.05, 0.1) is 6.10 Å². The van der Waals surface area contributed by atoms with E-state index < -0.39 is 23.3 Å². The van der Waals surface area contributed by atoms with E-state index in [2.05, 4.69) is 5.32 Å². The Balaban J connectivity index is 1.93. The van der Waals surface area contributed by atoms with Crippen molar-refractivity contribution < 1.29 is 22.7 Å². The maximum atomic E-state index is 12.5. The molecule has 1 aromatic rings. The molecule has 0 spiro atoms. The number of ether oxygens (including phenoxy) is 1. The first kappa shape index (κ1) is 17.5. The fourth-order valence-electron chi connectivity index (χ4n) is 2.50. The van der Waals surface area contributed by atoms with Crippen molar-refractivity contribution in [2.24, 2.45) is 0 Å². The first-order valence-corrected chi connectivity index (χ1v) is 7.50. The van der Waals surface area contributed by atoms with E-state index in [1.807, 2.05) is 0 Å². The lowest BCUT2D eigenvalue weighted by atomic mass is 10.1. The molecule has 1 aromatic heterocycles. The fourth-order valence-corrected chi connectivity index (χ4v) is 2.50. The molecular formula is C15H19F3N2O3. The van der Waals surface area contributed by atoms with Crippen LogP contribution in [0.2, 0.25) is 0 Å². The number of aromatic amines is 1. The molecule has 2 rings (SSSR count). The summed E-state index contributed by atoms with van der Waals surface area (Å²) in [5.41, 5.74) is -2.56. The molecule has 128 valence electrons. The summed E-state index contributed by atoms with van der Waals surface area (Å²) in [6.45, 7) is 2.54. The molecule has 0 saturated carbocycles. The number of halogens is 3. The minimum atomic E-state index is -4.65. The Bertz CT molecular complexity index is 607. The van der Waals surface area contributed by atoms with Gasteiger partial charge in [-0.05, 0) is 44.7 Å². The summed E-state index contributed by atoms with van der Waals surface area (Å²) in [5, 5.41) is 2.62. The SMILES string of the molecule is C[C@H](CC[C@H]1CCCO1)NC(=O)c1ccc(C(F)(F)F)[nH]c1=O. The molecule has 1 fully saturated rings. The van der Waals surface area contributed by atoms with Crippen LogP contribution in [-0.4, -0.2) is 29.6 Å². The van der Waals surface area contributed by atoms with E-state index in [4.69, 9.17) is 4.74 Å². The van der Waals surface area contributed by atoms with Gasteiger partial charge in [0, 0.05) is 12.6 Å². The monoisotopic (exact) mass is 332 g/mol. The van der Waals surface area contributed by atoms with E-state index in [0.717, 1.165) is 31.9 Å². The number of alkyl halides is 3. The third-order valence-corrected chi connectivity index (χ3v) is 3.78. The number of rotatable bonds is 5. The van der Waals surface area contributed by atoms with Gasteiger partial charge in [-0.15, -0.1) is 0 Å². The molecule has 5 nitrogen and oxygen atoms in total. The highest BCUT2D eigenvalue weighted by Gasteiger charge is 2.32. The van der Waals surface area contributed by atoms with Crippen molar-refractivity contribution in [1.82, 2.24) is 10.3 Å². The maximum absolute atomic E-state index is 12.5. The number of aromatic nitrogens is 1. The van der Waals surface area contributed by atoms with Crippen molar-refractivity contribution in [3.63, 3.8) is 0 Å². The summed E-state index contributed by atoms with van der Waals surface area (Å²) in [4.78, 5) is 25.3. The van der Waals surface area contributed by atoms with Crippen LogP contribution in [0.15, 0.2) is 16.9 Å². The van der Waals surface area contributed by atoms with Gasteiger partial charge in [-0.25, -0.2) is 0 Å². The summed E-state index contributed by atoms with van der Waals surface area (Å²) in [7, 11) is 0. The van der Waals surface area contributed by atoms with Crippen molar-refractivity contribution in [1.29, 1.82) is 0 Å². The largest absolute Gasteiger partial charge is 0.431 e. The minimum Gasteiger partial charge on any atom is -0.378 e. The average molecular weight is 332 g/mol. The molecule has 1 aliphatic heterocycles. The van der Waals surface area contributed by atoms with Crippen LogP contribution in [0.4, 0.5) is 13.2 Å². The number of pyridine rings is 1. The van der Waals surface area contributed by atoms with Gasteiger partial charge >= 0.3 is 6.18 Å². The molecule has 23 heavy (non-hydrogen) atoms. The molecule has 2 N–H and O–H groups in total. The fraction of sp³-hybridized carbons (Fsp3) is 0.600. The number of nitrogens with one attached hydrogen (secondary N) is 2. The van der Waals surface area contributed by atoms with Crippen LogP contribution < -0.4 is 10.9 Å². The maximum Gasteiger partial charge on any atom is 0.431 e. The summed E-state index contributed by atoms with van der Waals surface area (Å²) >= 11 is 0. The number of carbonyl (C=O) groups excluding carboxylic acids is 1.